The lowest BCUT2D eigenvalue weighted by Crippen LogP contribution is -2.41. The van der Waals surface area contributed by atoms with Gasteiger partial charge in [0.2, 0.25) is 0 Å². The van der Waals surface area contributed by atoms with Crippen LogP contribution in [0.3, 0.4) is 0 Å². The minimum absolute atomic E-state index is 0.0500. The highest BCUT2D eigenvalue weighted by molar-refractivity contribution is 6.22. The summed E-state index contributed by atoms with van der Waals surface area (Å²) in [4.78, 5) is 25.9. The van der Waals surface area contributed by atoms with Crippen molar-refractivity contribution in [2.75, 3.05) is 13.7 Å². The number of methoxy groups -OCH3 is 1. The lowest BCUT2D eigenvalue weighted by Gasteiger charge is -2.39. The maximum Gasteiger partial charge on any atom is 0.323 e. The molecule has 166 valence electrons. The number of hydrogen-bond donors (Lipinski definition) is 0. The van der Waals surface area contributed by atoms with E-state index in [-0.39, 0.29) is 12.4 Å². The number of Topliss-reactive ketones (excluding diaryl/α,β-unsaturated/α-hetero) is 1. The molecule has 0 bridgehead atoms. The summed E-state index contributed by atoms with van der Waals surface area (Å²) in [5.74, 6) is 1.59. The topological polar surface area (TPSA) is 61.8 Å². The minimum atomic E-state index is -1.20. The summed E-state index contributed by atoms with van der Waals surface area (Å²) in [6.45, 7) is 10.5. The number of benzene rings is 1. The lowest BCUT2D eigenvalue weighted by atomic mass is 9.75. The molecule has 0 saturated heterocycles. The molecule has 0 spiro atoms. The van der Waals surface area contributed by atoms with Gasteiger partial charge in [-0.2, -0.15) is 0 Å². The molecule has 2 aliphatic rings. The molecular weight excluding hydrogens is 380 g/mol. The summed E-state index contributed by atoms with van der Waals surface area (Å²) in [5, 5.41) is 0. The maximum absolute atomic E-state index is 13.2. The van der Waals surface area contributed by atoms with E-state index >= 15 is 0 Å². The highest BCUT2D eigenvalue weighted by atomic mass is 16.6. The van der Waals surface area contributed by atoms with Crippen LogP contribution < -0.4 is 4.74 Å². The van der Waals surface area contributed by atoms with Crippen LogP contribution in [0.5, 0.6) is 5.75 Å². The van der Waals surface area contributed by atoms with Crippen LogP contribution >= 0.6 is 0 Å². The van der Waals surface area contributed by atoms with Gasteiger partial charge < -0.3 is 14.2 Å². The molecule has 30 heavy (non-hydrogen) atoms. The van der Waals surface area contributed by atoms with Gasteiger partial charge >= 0.3 is 5.97 Å². The van der Waals surface area contributed by atoms with Gasteiger partial charge in [0, 0.05) is 0 Å². The number of carbonyl (C=O) groups is 2. The number of ether oxygens (including phenoxy) is 3. The van der Waals surface area contributed by atoms with Crippen molar-refractivity contribution in [2.24, 2.45) is 22.7 Å². The molecule has 0 aliphatic heterocycles. The van der Waals surface area contributed by atoms with E-state index in [1.54, 1.807) is 7.11 Å². The fourth-order valence-electron chi connectivity index (χ4n) is 4.72. The highest BCUT2D eigenvalue weighted by Crippen LogP contribution is 2.60. The molecule has 0 radical (unpaired) electrons. The summed E-state index contributed by atoms with van der Waals surface area (Å²) in [7, 11) is 1.62. The van der Waals surface area contributed by atoms with Crippen LogP contribution in [-0.2, 0) is 25.7 Å². The minimum Gasteiger partial charge on any atom is -0.497 e. The van der Waals surface area contributed by atoms with E-state index in [1.165, 1.54) is 0 Å². The van der Waals surface area contributed by atoms with Crippen molar-refractivity contribution in [3.63, 3.8) is 0 Å². The zero-order chi connectivity index (χ0) is 22.2. The van der Waals surface area contributed by atoms with Gasteiger partial charge in [0.05, 0.1) is 25.7 Å². The molecule has 1 aromatic carbocycles. The first kappa shape index (κ1) is 22.8. The van der Waals surface area contributed by atoms with Gasteiger partial charge in [0.15, 0.2) is 11.2 Å². The molecule has 0 aromatic heterocycles. The fraction of sp³-hybridized carbons (Fsp3) is 0.680. The standard InChI is InChI=1S/C25H36O5/c1-17(2)19-11-13-24(5,14-12-19)30-22(27)25(21(26)23(25,3)4)16-29-15-18-7-9-20(28-6)10-8-18/h7-10,17,19H,11-16H2,1-6H3. The van der Waals surface area contributed by atoms with E-state index < -0.39 is 22.4 Å². The summed E-state index contributed by atoms with van der Waals surface area (Å²) in [5.41, 5.74) is -1.48. The molecule has 2 saturated carbocycles. The Balaban J connectivity index is 1.62. The molecule has 5 heteroatoms. The number of rotatable bonds is 8. The SMILES string of the molecule is COc1ccc(COCC2(C(=O)OC3(C)CCC(C(C)C)CC3)C(=O)C2(C)C)cc1. The predicted molar refractivity (Wildman–Crippen MR) is 115 cm³/mol. The highest BCUT2D eigenvalue weighted by Gasteiger charge is 2.78. The second-order valence-electron chi connectivity index (χ2n) is 10.1. The number of carbonyl (C=O) groups excluding carboxylic acids is 2. The van der Waals surface area contributed by atoms with Crippen LogP contribution in [-0.4, -0.2) is 31.1 Å². The smallest absolute Gasteiger partial charge is 0.323 e. The van der Waals surface area contributed by atoms with Crippen LogP contribution in [0.2, 0.25) is 0 Å². The third-order valence-electron chi connectivity index (χ3n) is 7.42. The lowest BCUT2D eigenvalue weighted by molar-refractivity contribution is -0.174. The van der Waals surface area contributed by atoms with Crippen LogP contribution in [0.1, 0.15) is 65.9 Å². The van der Waals surface area contributed by atoms with Crippen LogP contribution in [0.15, 0.2) is 24.3 Å². The Morgan fingerprint density at radius 2 is 1.67 bits per heavy atom. The molecule has 5 nitrogen and oxygen atoms in total. The average molecular weight is 417 g/mol. The molecule has 2 aliphatic carbocycles. The van der Waals surface area contributed by atoms with Gasteiger partial charge in [-0.05, 0) is 62.1 Å². The van der Waals surface area contributed by atoms with Gasteiger partial charge in [-0.25, -0.2) is 0 Å². The quantitative estimate of drug-likeness (QED) is 0.443. The van der Waals surface area contributed by atoms with Crippen LogP contribution in [0.25, 0.3) is 0 Å². The summed E-state index contributed by atoms with van der Waals surface area (Å²) >= 11 is 0. The maximum atomic E-state index is 13.2. The van der Waals surface area contributed by atoms with E-state index in [0.717, 1.165) is 37.0 Å². The predicted octanol–water partition coefficient (Wildman–Crippen LogP) is 4.96. The van der Waals surface area contributed by atoms with Gasteiger partial charge in [0.1, 0.15) is 11.4 Å². The Morgan fingerprint density at radius 1 is 1.10 bits per heavy atom. The second kappa shape index (κ2) is 8.33. The number of ketones is 1. The van der Waals surface area contributed by atoms with Crippen LogP contribution in [0.4, 0.5) is 0 Å². The van der Waals surface area contributed by atoms with E-state index in [1.807, 2.05) is 45.0 Å². The molecular formula is C25H36O5. The average Bonchev–Trinajstić information content (AvgIpc) is 3.14. The van der Waals surface area contributed by atoms with Crippen molar-refractivity contribution in [2.45, 2.75) is 72.5 Å². The summed E-state index contributed by atoms with van der Waals surface area (Å²) in [6, 6.07) is 7.56. The largest absolute Gasteiger partial charge is 0.497 e. The van der Waals surface area contributed by atoms with Gasteiger partial charge in [-0.15, -0.1) is 0 Å². The third-order valence-corrected chi connectivity index (χ3v) is 7.42. The van der Waals surface area contributed by atoms with E-state index in [2.05, 4.69) is 13.8 Å². The molecule has 0 N–H and O–H groups in total. The first-order chi connectivity index (χ1) is 14.1. The molecule has 1 aromatic rings. The molecule has 1 unspecified atom stereocenters. The van der Waals surface area contributed by atoms with Crippen molar-refractivity contribution < 1.29 is 23.8 Å². The number of hydrogen-bond acceptors (Lipinski definition) is 5. The van der Waals surface area contributed by atoms with Gasteiger partial charge in [-0.3, -0.25) is 9.59 Å². The molecule has 1 atom stereocenters. The zero-order valence-corrected chi connectivity index (χ0v) is 19.2. The van der Waals surface area contributed by atoms with Gasteiger partial charge in [0.25, 0.3) is 0 Å². The Morgan fingerprint density at radius 3 is 2.13 bits per heavy atom. The Kier molecular flexibility index (Phi) is 6.33. The van der Waals surface area contributed by atoms with Crippen molar-refractivity contribution in [1.29, 1.82) is 0 Å². The van der Waals surface area contributed by atoms with E-state index in [4.69, 9.17) is 14.2 Å². The molecule has 2 fully saturated rings. The summed E-state index contributed by atoms with van der Waals surface area (Å²) in [6.07, 6.45) is 3.80. The molecule has 0 amide bonds. The second-order valence-corrected chi connectivity index (χ2v) is 10.1. The first-order valence-electron chi connectivity index (χ1n) is 11.0. The van der Waals surface area contributed by atoms with E-state index in [9.17, 15) is 9.59 Å². The molecule has 0 heterocycles. The molecule has 3 rings (SSSR count). The Hall–Kier alpha value is -1.88. The van der Waals surface area contributed by atoms with Crippen molar-refractivity contribution in [1.82, 2.24) is 0 Å². The number of esters is 1. The Bertz CT molecular complexity index is 771. The van der Waals surface area contributed by atoms with Crippen molar-refractivity contribution >= 4 is 11.8 Å². The van der Waals surface area contributed by atoms with Gasteiger partial charge in [-0.1, -0.05) is 39.8 Å². The van der Waals surface area contributed by atoms with Crippen molar-refractivity contribution in [3.05, 3.63) is 29.8 Å². The van der Waals surface area contributed by atoms with E-state index in [0.29, 0.717) is 18.4 Å². The third kappa shape index (κ3) is 4.14. The van der Waals surface area contributed by atoms with Crippen molar-refractivity contribution in [3.8, 4) is 5.75 Å². The monoisotopic (exact) mass is 416 g/mol. The fourth-order valence-corrected chi connectivity index (χ4v) is 4.72. The zero-order valence-electron chi connectivity index (χ0n) is 19.2. The first-order valence-corrected chi connectivity index (χ1v) is 11.0. The van der Waals surface area contributed by atoms with Crippen LogP contribution in [0, 0.1) is 22.7 Å². The normalized spacial score (nSPS) is 30.2. The Labute approximate surface area is 180 Å². The summed E-state index contributed by atoms with van der Waals surface area (Å²) < 4.78 is 17.0.